The Morgan fingerprint density at radius 2 is 0.793 bits per heavy atom. The van der Waals surface area contributed by atoms with Crippen molar-refractivity contribution >= 4 is 7.82 Å². The highest BCUT2D eigenvalue weighted by atomic mass is 31.2. The Balaban J connectivity index is 2.04. The lowest BCUT2D eigenvalue weighted by Gasteiger charge is -2.21. The smallest absolute Gasteiger partial charge is 0.504 e. The van der Waals surface area contributed by atoms with Crippen molar-refractivity contribution in [3.8, 4) is 51.7 Å². The van der Waals surface area contributed by atoms with E-state index in [1.165, 1.54) is 18.2 Å². The molecule has 0 spiro atoms. The molecule has 10 nitrogen and oxygen atoms in total. The Morgan fingerprint density at radius 1 is 0.517 bits per heavy atom. The monoisotopic (exact) mass is 422 g/mol. The molecule has 0 unspecified atom stereocenters. The number of para-hydroxylation sites is 3. The predicted molar refractivity (Wildman–Crippen MR) is 98.8 cm³/mol. The Labute approximate surface area is 163 Å². The Bertz CT molecular complexity index is 961. The second-order valence-electron chi connectivity index (χ2n) is 5.59. The highest BCUT2D eigenvalue weighted by Gasteiger charge is 2.37. The normalized spacial score (nSPS) is 11.0. The van der Waals surface area contributed by atoms with Gasteiger partial charge in [-0.2, -0.15) is 4.57 Å². The Kier molecular flexibility index (Phi) is 5.20. The molecular formula is C18H15O10P. The fourth-order valence-corrected chi connectivity index (χ4v) is 3.45. The van der Waals surface area contributed by atoms with Crippen molar-refractivity contribution in [2.24, 2.45) is 0 Å². The molecule has 0 atom stereocenters. The van der Waals surface area contributed by atoms with Crippen molar-refractivity contribution in [2.75, 3.05) is 0 Å². The van der Waals surface area contributed by atoms with Crippen LogP contribution in [0.15, 0.2) is 54.6 Å². The fourth-order valence-electron chi connectivity index (χ4n) is 2.17. The van der Waals surface area contributed by atoms with E-state index in [9.17, 15) is 35.2 Å². The number of benzene rings is 3. The minimum absolute atomic E-state index is 0.507. The van der Waals surface area contributed by atoms with Gasteiger partial charge < -0.3 is 44.2 Å². The van der Waals surface area contributed by atoms with Crippen molar-refractivity contribution in [3.05, 3.63) is 54.6 Å². The summed E-state index contributed by atoms with van der Waals surface area (Å²) in [6.07, 6.45) is 0. The van der Waals surface area contributed by atoms with Gasteiger partial charge in [-0.25, -0.2) is 0 Å². The molecule has 3 aromatic carbocycles. The minimum atomic E-state index is -4.84. The van der Waals surface area contributed by atoms with Crippen LogP contribution < -0.4 is 13.6 Å². The molecule has 0 aliphatic carbocycles. The molecule has 6 N–H and O–H groups in total. The van der Waals surface area contributed by atoms with Crippen molar-refractivity contribution in [1.82, 2.24) is 0 Å². The molecule has 3 rings (SSSR count). The summed E-state index contributed by atoms with van der Waals surface area (Å²) in [6, 6.07) is 10.6. The van der Waals surface area contributed by atoms with Crippen LogP contribution in [0.1, 0.15) is 0 Å². The van der Waals surface area contributed by atoms with Gasteiger partial charge in [0.05, 0.1) is 0 Å². The summed E-state index contributed by atoms with van der Waals surface area (Å²) < 4.78 is 28.6. The largest absolute Gasteiger partial charge is 0.647 e. The highest BCUT2D eigenvalue weighted by Crippen LogP contribution is 2.56. The average Bonchev–Trinajstić information content (AvgIpc) is 2.67. The number of hydrogen-bond acceptors (Lipinski definition) is 10. The molecule has 11 heteroatoms. The van der Waals surface area contributed by atoms with E-state index in [0.29, 0.717) is 0 Å². The van der Waals surface area contributed by atoms with Gasteiger partial charge in [-0.3, -0.25) is 0 Å². The SMILES string of the molecule is O=P(Oc1cccc(O)c1O)(Oc1cccc(O)c1O)Oc1cccc(O)c1O. The van der Waals surface area contributed by atoms with Crippen molar-refractivity contribution in [1.29, 1.82) is 0 Å². The molecule has 0 radical (unpaired) electrons. The second-order valence-corrected chi connectivity index (χ2v) is 7.03. The molecule has 0 aliphatic rings. The van der Waals surface area contributed by atoms with Gasteiger partial charge in [0.15, 0.2) is 34.5 Å². The van der Waals surface area contributed by atoms with Crippen LogP contribution in [-0.2, 0) is 4.57 Å². The van der Waals surface area contributed by atoms with Crippen LogP contribution >= 0.6 is 7.82 Å². The van der Waals surface area contributed by atoms with Crippen LogP contribution in [0, 0.1) is 0 Å². The second kappa shape index (κ2) is 7.61. The molecule has 0 saturated carbocycles. The first kappa shape index (κ1) is 19.8. The molecule has 0 amide bonds. The number of phosphoric acid groups is 1. The maximum absolute atomic E-state index is 13.3. The summed E-state index contributed by atoms with van der Waals surface area (Å²) in [5.74, 6) is -5.62. The van der Waals surface area contributed by atoms with Gasteiger partial charge >= 0.3 is 7.82 Å². The number of aromatic hydroxyl groups is 6. The van der Waals surface area contributed by atoms with Crippen molar-refractivity contribution in [3.63, 3.8) is 0 Å². The zero-order chi connectivity index (χ0) is 21.2. The molecule has 3 aromatic rings. The summed E-state index contributed by atoms with van der Waals surface area (Å²) in [7, 11) is -4.84. The first-order valence-electron chi connectivity index (χ1n) is 7.92. The molecule has 0 fully saturated rings. The van der Waals surface area contributed by atoms with Gasteiger partial charge in [0, 0.05) is 0 Å². The third kappa shape index (κ3) is 4.17. The third-order valence-corrected chi connectivity index (χ3v) is 4.82. The topological polar surface area (TPSA) is 166 Å². The Morgan fingerprint density at radius 3 is 1.07 bits per heavy atom. The molecular weight excluding hydrogens is 407 g/mol. The number of phosphoric ester groups is 1. The lowest BCUT2D eigenvalue weighted by molar-refractivity contribution is 0.277. The van der Waals surface area contributed by atoms with E-state index < -0.39 is 59.6 Å². The Hall–Kier alpha value is -3.91. The summed E-state index contributed by atoms with van der Waals surface area (Å²) >= 11 is 0. The maximum atomic E-state index is 13.3. The van der Waals surface area contributed by atoms with Crippen molar-refractivity contribution in [2.45, 2.75) is 0 Å². The fraction of sp³-hybridized carbons (Fsp3) is 0. The lowest BCUT2D eigenvalue weighted by atomic mass is 10.3. The summed E-state index contributed by atoms with van der Waals surface area (Å²) in [6.45, 7) is 0. The molecule has 152 valence electrons. The average molecular weight is 422 g/mol. The van der Waals surface area contributed by atoms with Gasteiger partial charge in [0.2, 0.25) is 17.2 Å². The standard InChI is InChI=1S/C18H15O10P/c19-10-4-1-7-13(16(10)22)26-29(25,27-14-8-2-5-11(20)17(14)23)28-15-9-3-6-12(21)18(15)24/h1-9,19-24H. The van der Waals surface area contributed by atoms with Crippen LogP contribution in [0.5, 0.6) is 51.7 Å². The van der Waals surface area contributed by atoms with E-state index in [1.807, 2.05) is 0 Å². The first-order valence-corrected chi connectivity index (χ1v) is 9.38. The minimum Gasteiger partial charge on any atom is -0.504 e. The van der Waals surface area contributed by atoms with Crippen LogP contribution in [0.2, 0.25) is 0 Å². The molecule has 29 heavy (non-hydrogen) atoms. The van der Waals surface area contributed by atoms with Crippen LogP contribution in [-0.4, -0.2) is 30.6 Å². The number of hydrogen-bond donors (Lipinski definition) is 6. The molecule has 0 aromatic heterocycles. The van der Waals surface area contributed by atoms with Gasteiger partial charge in [0.25, 0.3) is 0 Å². The zero-order valence-electron chi connectivity index (χ0n) is 14.5. The van der Waals surface area contributed by atoms with Crippen LogP contribution in [0.25, 0.3) is 0 Å². The van der Waals surface area contributed by atoms with Crippen LogP contribution in [0.3, 0.4) is 0 Å². The van der Waals surface area contributed by atoms with E-state index in [1.54, 1.807) is 0 Å². The third-order valence-electron chi connectivity index (χ3n) is 3.56. The summed E-state index contributed by atoms with van der Waals surface area (Å²) in [5, 5.41) is 58.5. The quantitative estimate of drug-likeness (QED) is 0.255. The van der Waals surface area contributed by atoms with E-state index in [0.717, 1.165) is 36.4 Å². The molecule has 0 bridgehead atoms. The van der Waals surface area contributed by atoms with Gasteiger partial charge in [-0.05, 0) is 36.4 Å². The van der Waals surface area contributed by atoms with Gasteiger partial charge in [-0.15, -0.1) is 0 Å². The summed E-state index contributed by atoms with van der Waals surface area (Å²) in [4.78, 5) is 0. The number of phenolic OH excluding ortho intramolecular Hbond substituents is 6. The lowest BCUT2D eigenvalue weighted by Crippen LogP contribution is -2.08. The maximum Gasteiger partial charge on any atom is 0.647 e. The van der Waals surface area contributed by atoms with E-state index in [2.05, 4.69) is 0 Å². The molecule has 0 aliphatic heterocycles. The predicted octanol–water partition coefficient (Wildman–Crippen LogP) is 3.57. The highest BCUT2D eigenvalue weighted by molar-refractivity contribution is 7.49. The summed E-state index contributed by atoms with van der Waals surface area (Å²) in [5.41, 5.74) is 0. The van der Waals surface area contributed by atoms with Crippen LogP contribution in [0.4, 0.5) is 0 Å². The van der Waals surface area contributed by atoms with Gasteiger partial charge in [0.1, 0.15) is 0 Å². The van der Waals surface area contributed by atoms with Crippen molar-refractivity contribution < 1.29 is 48.8 Å². The first-order chi connectivity index (χ1) is 13.7. The zero-order valence-corrected chi connectivity index (χ0v) is 15.4. The van der Waals surface area contributed by atoms with Gasteiger partial charge in [-0.1, -0.05) is 18.2 Å². The van der Waals surface area contributed by atoms with E-state index in [-0.39, 0.29) is 0 Å². The number of rotatable bonds is 6. The number of phenols is 6. The molecule has 0 saturated heterocycles. The van der Waals surface area contributed by atoms with E-state index >= 15 is 0 Å². The van der Waals surface area contributed by atoms with E-state index in [4.69, 9.17) is 13.6 Å². The molecule has 0 heterocycles.